The SMILES string of the molecule is CC(C)NC(=O)Nc1cccc(C(=O)N(C2CC2)[C@H](C)c2ccccn2)c1. The quantitative estimate of drug-likeness (QED) is 0.812. The van der Waals surface area contributed by atoms with Crippen LogP contribution in [0.4, 0.5) is 10.5 Å². The summed E-state index contributed by atoms with van der Waals surface area (Å²) < 4.78 is 0. The molecule has 1 heterocycles. The Labute approximate surface area is 160 Å². The van der Waals surface area contributed by atoms with Gasteiger partial charge in [0.1, 0.15) is 0 Å². The van der Waals surface area contributed by atoms with E-state index in [0.29, 0.717) is 11.3 Å². The lowest BCUT2D eigenvalue weighted by atomic mass is 10.1. The molecule has 1 aromatic heterocycles. The predicted octanol–water partition coefficient (Wildman–Crippen LogP) is 3.98. The monoisotopic (exact) mass is 366 g/mol. The van der Waals surface area contributed by atoms with Crippen molar-refractivity contribution < 1.29 is 9.59 Å². The second kappa shape index (κ2) is 8.20. The van der Waals surface area contributed by atoms with Crippen molar-refractivity contribution in [3.63, 3.8) is 0 Å². The number of hydrogen-bond donors (Lipinski definition) is 2. The fourth-order valence-electron chi connectivity index (χ4n) is 3.08. The third kappa shape index (κ3) is 4.84. The van der Waals surface area contributed by atoms with E-state index < -0.39 is 0 Å². The minimum absolute atomic E-state index is 0.0384. The Balaban J connectivity index is 1.79. The summed E-state index contributed by atoms with van der Waals surface area (Å²) in [7, 11) is 0. The highest BCUT2D eigenvalue weighted by Gasteiger charge is 2.37. The van der Waals surface area contributed by atoms with Gasteiger partial charge in [-0.2, -0.15) is 0 Å². The van der Waals surface area contributed by atoms with Crippen LogP contribution in [0.3, 0.4) is 0 Å². The van der Waals surface area contributed by atoms with Crippen LogP contribution >= 0.6 is 0 Å². The van der Waals surface area contributed by atoms with Crippen LogP contribution in [0.5, 0.6) is 0 Å². The Morgan fingerprint density at radius 1 is 1.11 bits per heavy atom. The van der Waals surface area contributed by atoms with E-state index in [-0.39, 0.29) is 30.1 Å². The fourth-order valence-corrected chi connectivity index (χ4v) is 3.08. The summed E-state index contributed by atoms with van der Waals surface area (Å²) in [4.78, 5) is 31.5. The molecule has 2 N–H and O–H groups in total. The van der Waals surface area contributed by atoms with Gasteiger partial charge in [0.25, 0.3) is 5.91 Å². The topological polar surface area (TPSA) is 74.3 Å². The summed E-state index contributed by atoms with van der Waals surface area (Å²) in [5.74, 6) is -0.0384. The number of urea groups is 1. The van der Waals surface area contributed by atoms with Gasteiger partial charge >= 0.3 is 6.03 Å². The van der Waals surface area contributed by atoms with Crippen molar-refractivity contribution in [1.82, 2.24) is 15.2 Å². The molecule has 1 atom stereocenters. The minimum Gasteiger partial charge on any atom is -0.336 e. The molecule has 2 aromatic rings. The number of hydrogen-bond acceptors (Lipinski definition) is 3. The standard InChI is InChI=1S/C21H26N4O2/c1-14(2)23-21(27)24-17-8-6-7-16(13-17)20(26)25(18-10-11-18)15(3)19-9-4-5-12-22-19/h4-9,12-15,18H,10-11H2,1-3H3,(H2,23,24,27)/t15-/m1/s1. The van der Waals surface area contributed by atoms with Crippen molar-refractivity contribution >= 4 is 17.6 Å². The highest BCUT2D eigenvalue weighted by Crippen LogP contribution is 2.35. The smallest absolute Gasteiger partial charge is 0.319 e. The highest BCUT2D eigenvalue weighted by molar-refractivity contribution is 5.97. The van der Waals surface area contributed by atoms with Crippen LogP contribution in [0.25, 0.3) is 0 Å². The van der Waals surface area contributed by atoms with Crippen molar-refractivity contribution in [3.05, 3.63) is 59.9 Å². The Bertz CT molecular complexity index is 803. The Morgan fingerprint density at radius 3 is 2.52 bits per heavy atom. The molecule has 0 spiro atoms. The first-order chi connectivity index (χ1) is 13.0. The van der Waals surface area contributed by atoms with Crippen LogP contribution in [0.1, 0.15) is 55.7 Å². The summed E-state index contributed by atoms with van der Waals surface area (Å²) in [5, 5.41) is 5.56. The lowest BCUT2D eigenvalue weighted by Crippen LogP contribution is -2.36. The van der Waals surface area contributed by atoms with Crippen molar-refractivity contribution in [1.29, 1.82) is 0 Å². The number of amides is 3. The van der Waals surface area contributed by atoms with Gasteiger partial charge in [-0.15, -0.1) is 0 Å². The van der Waals surface area contributed by atoms with Crippen LogP contribution in [-0.4, -0.2) is 33.9 Å². The number of carbonyl (C=O) groups is 2. The number of carbonyl (C=O) groups excluding carboxylic acids is 2. The van der Waals surface area contributed by atoms with Crippen molar-refractivity contribution in [3.8, 4) is 0 Å². The molecule has 1 aliphatic rings. The third-order valence-electron chi connectivity index (χ3n) is 4.49. The van der Waals surface area contributed by atoms with E-state index in [0.717, 1.165) is 18.5 Å². The first-order valence-corrected chi connectivity index (χ1v) is 9.37. The van der Waals surface area contributed by atoms with Crippen LogP contribution in [0.2, 0.25) is 0 Å². The van der Waals surface area contributed by atoms with Crippen LogP contribution < -0.4 is 10.6 Å². The lowest BCUT2D eigenvalue weighted by Gasteiger charge is -2.29. The maximum atomic E-state index is 13.2. The molecule has 1 fully saturated rings. The molecule has 6 nitrogen and oxygen atoms in total. The van der Waals surface area contributed by atoms with E-state index in [9.17, 15) is 9.59 Å². The molecular formula is C21H26N4O2. The zero-order valence-electron chi connectivity index (χ0n) is 16.0. The summed E-state index contributed by atoms with van der Waals surface area (Å²) in [6.07, 6.45) is 3.77. The maximum absolute atomic E-state index is 13.2. The molecule has 3 rings (SSSR count). The zero-order valence-corrected chi connectivity index (χ0v) is 16.0. The largest absolute Gasteiger partial charge is 0.336 e. The van der Waals surface area contributed by atoms with Gasteiger partial charge in [-0.1, -0.05) is 12.1 Å². The van der Waals surface area contributed by atoms with Gasteiger partial charge < -0.3 is 15.5 Å². The van der Waals surface area contributed by atoms with Crippen molar-refractivity contribution in [2.45, 2.75) is 51.7 Å². The Morgan fingerprint density at radius 2 is 1.89 bits per heavy atom. The first-order valence-electron chi connectivity index (χ1n) is 9.37. The van der Waals surface area contributed by atoms with E-state index in [2.05, 4.69) is 15.6 Å². The van der Waals surface area contributed by atoms with Crippen LogP contribution in [-0.2, 0) is 0 Å². The molecule has 1 saturated carbocycles. The molecule has 27 heavy (non-hydrogen) atoms. The number of anilines is 1. The Hall–Kier alpha value is -2.89. The lowest BCUT2D eigenvalue weighted by molar-refractivity contribution is 0.0670. The van der Waals surface area contributed by atoms with Crippen molar-refractivity contribution in [2.24, 2.45) is 0 Å². The van der Waals surface area contributed by atoms with Gasteiger partial charge in [0, 0.05) is 29.5 Å². The second-order valence-electron chi connectivity index (χ2n) is 7.21. The third-order valence-corrected chi connectivity index (χ3v) is 4.49. The highest BCUT2D eigenvalue weighted by atomic mass is 16.2. The van der Waals surface area contributed by atoms with Crippen LogP contribution in [0.15, 0.2) is 48.7 Å². The van der Waals surface area contributed by atoms with Gasteiger partial charge in [0.15, 0.2) is 0 Å². The van der Waals surface area contributed by atoms with Crippen LogP contribution in [0, 0.1) is 0 Å². The minimum atomic E-state index is -0.282. The molecule has 0 unspecified atom stereocenters. The van der Waals surface area contributed by atoms with E-state index >= 15 is 0 Å². The Kier molecular flexibility index (Phi) is 5.74. The van der Waals surface area contributed by atoms with E-state index in [4.69, 9.17) is 0 Å². The van der Waals surface area contributed by atoms with Gasteiger partial charge in [-0.3, -0.25) is 9.78 Å². The molecule has 0 bridgehead atoms. The first kappa shape index (κ1) is 18.9. The number of pyridine rings is 1. The molecule has 3 amide bonds. The molecule has 142 valence electrons. The molecule has 0 saturated heterocycles. The maximum Gasteiger partial charge on any atom is 0.319 e. The van der Waals surface area contributed by atoms with E-state index in [1.807, 2.05) is 43.9 Å². The number of rotatable bonds is 6. The van der Waals surface area contributed by atoms with Gasteiger partial charge in [-0.25, -0.2) is 4.79 Å². The number of benzene rings is 1. The summed E-state index contributed by atoms with van der Waals surface area (Å²) in [6.45, 7) is 5.80. The number of aromatic nitrogens is 1. The normalized spacial score (nSPS) is 14.5. The van der Waals surface area contributed by atoms with Gasteiger partial charge in [0.2, 0.25) is 0 Å². The molecule has 1 aromatic carbocycles. The van der Waals surface area contributed by atoms with E-state index in [1.165, 1.54) is 0 Å². The fraction of sp³-hybridized carbons (Fsp3) is 0.381. The van der Waals surface area contributed by atoms with Gasteiger partial charge in [0.05, 0.1) is 11.7 Å². The predicted molar refractivity (Wildman–Crippen MR) is 106 cm³/mol. The second-order valence-corrected chi connectivity index (χ2v) is 7.21. The molecule has 0 aliphatic heterocycles. The molecular weight excluding hydrogens is 340 g/mol. The molecule has 6 heteroatoms. The average Bonchev–Trinajstić information content (AvgIpc) is 3.47. The summed E-state index contributed by atoms with van der Waals surface area (Å²) >= 11 is 0. The number of nitrogens with zero attached hydrogens (tertiary/aromatic N) is 2. The molecule has 0 radical (unpaired) electrons. The average molecular weight is 366 g/mol. The van der Waals surface area contributed by atoms with E-state index in [1.54, 1.807) is 30.5 Å². The molecule has 1 aliphatic carbocycles. The van der Waals surface area contributed by atoms with Gasteiger partial charge in [-0.05, 0) is 63.9 Å². The number of nitrogens with one attached hydrogen (secondary N) is 2. The van der Waals surface area contributed by atoms with Crippen molar-refractivity contribution in [2.75, 3.05) is 5.32 Å². The summed E-state index contributed by atoms with van der Waals surface area (Å²) in [5.41, 5.74) is 2.04. The zero-order chi connectivity index (χ0) is 19.4. The summed E-state index contributed by atoms with van der Waals surface area (Å²) in [6, 6.07) is 12.7.